The van der Waals surface area contributed by atoms with Crippen molar-refractivity contribution in [3.63, 3.8) is 0 Å². The summed E-state index contributed by atoms with van der Waals surface area (Å²) in [5.74, 6) is 1.69. The highest BCUT2D eigenvalue weighted by atomic mass is 19.1. The molecule has 1 aliphatic rings. The van der Waals surface area contributed by atoms with Crippen LogP contribution in [0.2, 0.25) is 0 Å². The van der Waals surface area contributed by atoms with Gasteiger partial charge in [0.1, 0.15) is 5.82 Å². The third kappa shape index (κ3) is 4.12. The van der Waals surface area contributed by atoms with Gasteiger partial charge in [-0.15, -0.1) is 0 Å². The Balaban J connectivity index is 1.56. The minimum atomic E-state index is -0.176. The monoisotopic (exact) mass is 374 g/mol. The minimum absolute atomic E-state index is 0.176. The second-order valence-electron chi connectivity index (χ2n) is 8.44. The van der Waals surface area contributed by atoms with E-state index in [0.29, 0.717) is 11.8 Å². The summed E-state index contributed by atoms with van der Waals surface area (Å²) in [6.45, 7) is 2.37. The highest BCUT2D eigenvalue weighted by Crippen LogP contribution is 2.41. The summed E-state index contributed by atoms with van der Waals surface area (Å²) in [6, 6.07) is 17.3. The van der Waals surface area contributed by atoms with Crippen LogP contribution in [-0.4, -0.2) is 4.98 Å². The Morgan fingerprint density at radius 2 is 1.93 bits per heavy atom. The van der Waals surface area contributed by atoms with Crippen LogP contribution in [0.5, 0.6) is 0 Å². The first-order valence-corrected chi connectivity index (χ1v) is 10.4. The van der Waals surface area contributed by atoms with Crippen molar-refractivity contribution in [1.82, 2.24) is 4.98 Å². The van der Waals surface area contributed by atoms with Gasteiger partial charge in [0.15, 0.2) is 0 Å². The number of hydrogen-bond acceptors (Lipinski definition) is 1. The van der Waals surface area contributed by atoms with Crippen LogP contribution in [0.15, 0.2) is 48.5 Å². The van der Waals surface area contributed by atoms with Gasteiger partial charge in [0.25, 0.3) is 0 Å². The summed E-state index contributed by atoms with van der Waals surface area (Å²) in [6.07, 6.45) is 7.16. The van der Waals surface area contributed by atoms with Gasteiger partial charge in [-0.1, -0.05) is 31.9 Å². The minimum Gasteiger partial charge on any atom is -0.358 e. The van der Waals surface area contributed by atoms with Crippen LogP contribution in [-0.2, 0) is 6.42 Å². The lowest BCUT2D eigenvalue weighted by Crippen LogP contribution is -2.15. The fraction of sp³-hybridized carbons (Fsp3) is 0.400. The third-order valence-electron chi connectivity index (χ3n) is 6.38. The van der Waals surface area contributed by atoms with E-state index in [1.54, 1.807) is 6.07 Å². The summed E-state index contributed by atoms with van der Waals surface area (Å²) in [7, 11) is 0. The number of rotatable bonds is 4. The second kappa shape index (κ2) is 8.19. The maximum atomic E-state index is 13.6. The number of aromatic nitrogens is 1. The van der Waals surface area contributed by atoms with Crippen LogP contribution in [0, 0.1) is 29.0 Å². The first-order chi connectivity index (χ1) is 13.6. The van der Waals surface area contributed by atoms with Gasteiger partial charge >= 0.3 is 0 Å². The molecule has 3 atom stereocenters. The molecule has 4 rings (SSSR count). The maximum Gasteiger partial charge on any atom is 0.123 e. The third-order valence-corrected chi connectivity index (χ3v) is 6.38. The molecule has 1 heterocycles. The van der Waals surface area contributed by atoms with Gasteiger partial charge in [-0.2, -0.15) is 5.26 Å². The zero-order valence-electron chi connectivity index (χ0n) is 16.4. The van der Waals surface area contributed by atoms with Crippen molar-refractivity contribution >= 4 is 10.9 Å². The second-order valence-corrected chi connectivity index (χ2v) is 8.44. The van der Waals surface area contributed by atoms with E-state index in [1.165, 1.54) is 43.0 Å². The van der Waals surface area contributed by atoms with Crippen LogP contribution < -0.4 is 0 Å². The fourth-order valence-corrected chi connectivity index (χ4v) is 4.87. The molecule has 144 valence electrons. The Morgan fingerprint density at radius 1 is 1.11 bits per heavy atom. The van der Waals surface area contributed by atoms with E-state index >= 15 is 0 Å². The Kier molecular flexibility index (Phi) is 5.48. The molecule has 3 unspecified atom stereocenters. The SMILES string of the molecule is CC1CCCC(c2cc3cc(F)ccc3[nH]2)C(CCc2ccc(C#N)cc2)C1. The fourth-order valence-electron chi connectivity index (χ4n) is 4.87. The summed E-state index contributed by atoms with van der Waals surface area (Å²) >= 11 is 0. The predicted molar refractivity (Wildman–Crippen MR) is 112 cm³/mol. The maximum absolute atomic E-state index is 13.6. The zero-order chi connectivity index (χ0) is 19.5. The number of fused-ring (bicyclic) bond motifs is 1. The number of aromatic amines is 1. The predicted octanol–water partition coefficient (Wildman–Crippen LogP) is 6.72. The highest BCUT2D eigenvalue weighted by Gasteiger charge is 2.28. The molecular weight excluding hydrogens is 347 g/mol. The van der Waals surface area contributed by atoms with Gasteiger partial charge in [0.2, 0.25) is 0 Å². The molecule has 0 radical (unpaired) electrons. The van der Waals surface area contributed by atoms with Crippen molar-refractivity contribution in [2.45, 2.75) is 51.4 Å². The Bertz CT molecular complexity index is 980. The molecule has 2 aromatic carbocycles. The first-order valence-electron chi connectivity index (χ1n) is 10.4. The molecule has 0 aliphatic heterocycles. The summed E-state index contributed by atoms with van der Waals surface area (Å²) in [5.41, 5.74) is 4.31. The molecule has 1 aromatic heterocycles. The van der Waals surface area contributed by atoms with Crippen LogP contribution in [0.4, 0.5) is 4.39 Å². The largest absolute Gasteiger partial charge is 0.358 e. The first kappa shape index (κ1) is 18.7. The molecule has 2 nitrogen and oxygen atoms in total. The van der Waals surface area contributed by atoms with E-state index in [2.05, 4.69) is 36.2 Å². The Morgan fingerprint density at radius 3 is 2.71 bits per heavy atom. The molecule has 3 heteroatoms. The van der Waals surface area contributed by atoms with Gasteiger partial charge in [0, 0.05) is 22.5 Å². The lowest BCUT2D eigenvalue weighted by atomic mass is 9.80. The van der Waals surface area contributed by atoms with Gasteiger partial charge in [-0.25, -0.2) is 4.39 Å². The molecule has 0 saturated heterocycles. The van der Waals surface area contributed by atoms with Crippen molar-refractivity contribution in [3.8, 4) is 6.07 Å². The molecule has 0 spiro atoms. The van der Waals surface area contributed by atoms with Gasteiger partial charge in [0.05, 0.1) is 11.6 Å². The molecule has 3 aromatic rings. The van der Waals surface area contributed by atoms with Crippen LogP contribution in [0.1, 0.15) is 61.8 Å². The average Bonchev–Trinajstić information content (AvgIpc) is 3.02. The van der Waals surface area contributed by atoms with Gasteiger partial charge < -0.3 is 4.98 Å². The molecule has 0 bridgehead atoms. The number of nitriles is 1. The standard InChI is InChI=1S/C25H27FN2/c1-17-3-2-4-23(25-15-21-14-22(26)11-12-24(21)28-25)20(13-17)10-9-18-5-7-19(16-27)8-6-18/h5-8,11-12,14-15,17,20,23,28H,2-4,9-10,13H2,1H3. The Labute approximate surface area is 166 Å². The summed E-state index contributed by atoms with van der Waals surface area (Å²) < 4.78 is 13.6. The number of aryl methyl sites for hydroxylation is 1. The normalized spacial score (nSPS) is 22.7. The van der Waals surface area contributed by atoms with Crippen LogP contribution >= 0.6 is 0 Å². The zero-order valence-corrected chi connectivity index (χ0v) is 16.4. The number of nitrogens with one attached hydrogen (secondary N) is 1. The smallest absolute Gasteiger partial charge is 0.123 e. The Hall–Kier alpha value is -2.60. The van der Waals surface area contributed by atoms with E-state index in [0.717, 1.165) is 35.2 Å². The topological polar surface area (TPSA) is 39.6 Å². The average molecular weight is 375 g/mol. The van der Waals surface area contributed by atoms with Crippen LogP contribution in [0.25, 0.3) is 10.9 Å². The van der Waals surface area contributed by atoms with Crippen molar-refractivity contribution in [3.05, 3.63) is 71.2 Å². The van der Waals surface area contributed by atoms with Crippen molar-refractivity contribution in [2.75, 3.05) is 0 Å². The van der Waals surface area contributed by atoms with Crippen LogP contribution in [0.3, 0.4) is 0 Å². The molecule has 1 N–H and O–H groups in total. The molecule has 1 aliphatic carbocycles. The number of halogens is 1. The van der Waals surface area contributed by atoms with E-state index in [4.69, 9.17) is 5.26 Å². The van der Waals surface area contributed by atoms with Gasteiger partial charge in [-0.3, -0.25) is 0 Å². The number of benzene rings is 2. The number of hydrogen-bond donors (Lipinski definition) is 1. The van der Waals surface area contributed by atoms with Crippen molar-refractivity contribution < 1.29 is 4.39 Å². The lowest BCUT2D eigenvalue weighted by Gasteiger charge is -2.26. The molecule has 0 amide bonds. The summed E-state index contributed by atoms with van der Waals surface area (Å²) in [4.78, 5) is 3.58. The number of nitrogens with zero attached hydrogens (tertiary/aromatic N) is 1. The van der Waals surface area contributed by atoms with E-state index < -0.39 is 0 Å². The molecule has 1 fully saturated rings. The van der Waals surface area contributed by atoms with E-state index in [9.17, 15) is 4.39 Å². The summed E-state index contributed by atoms with van der Waals surface area (Å²) in [5, 5.41) is 9.95. The lowest BCUT2D eigenvalue weighted by molar-refractivity contribution is 0.336. The molecular formula is C25H27FN2. The van der Waals surface area contributed by atoms with Crippen molar-refractivity contribution in [1.29, 1.82) is 5.26 Å². The number of H-pyrrole nitrogens is 1. The molecule has 28 heavy (non-hydrogen) atoms. The van der Waals surface area contributed by atoms with Gasteiger partial charge in [-0.05, 0) is 79.5 Å². The highest BCUT2D eigenvalue weighted by molar-refractivity contribution is 5.80. The van der Waals surface area contributed by atoms with E-state index in [-0.39, 0.29) is 5.82 Å². The quantitative estimate of drug-likeness (QED) is 0.506. The molecule has 1 saturated carbocycles. The van der Waals surface area contributed by atoms with Crippen molar-refractivity contribution in [2.24, 2.45) is 11.8 Å². The van der Waals surface area contributed by atoms with E-state index in [1.807, 2.05) is 18.2 Å².